The van der Waals surface area contributed by atoms with E-state index in [0.717, 1.165) is 24.8 Å². The van der Waals surface area contributed by atoms with E-state index >= 15 is 0 Å². The van der Waals surface area contributed by atoms with Gasteiger partial charge < -0.3 is 20.5 Å². The number of aliphatic carboxylic acids is 1. The third-order valence-electron chi connectivity index (χ3n) is 7.00. The monoisotopic (exact) mass is 589 g/mol. The van der Waals surface area contributed by atoms with Crippen LogP contribution in [0.1, 0.15) is 49.4 Å². The number of urea groups is 1. The first-order valence-electron chi connectivity index (χ1n) is 12.5. The largest absolute Gasteiger partial charge is 0.497 e. The van der Waals surface area contributed by atoms with Gasteiger partial charge in [-0.15, -0.1) is 11.3 Å². The average molecular weight is 591 g/mol. The summed E-state index contributed by atoms with van der Waals surface area (Å²) in [5.41, 5.74) is -0.323. The Kier molecular flexibility index (Phi) is 9.04. The number of ether oxygens (including phenoxy) is 1. The van der Waals surface area contributed by atoms with Crippen molar-refractivity contribution in [2.45, 2.75) is 44.6 Å². The van der Waals surface area contributed by atoms with E-state index in [4.69, 9.17) is 27.9 Å². The molecule has 1 aliphatic carbocycles. The van der Waals surface area contributed by atoms with Crippen LogP contribution in [0.25, 0.3) is 10.4 Å². The number of carbonyl (C=O) groups is 3. The van der Waals surface area contributed by atoms with Crippen molar-refractivity contribution in [2.75, 3.05) is 17.7 Å². The summed E-state index contributed by atoms with van der Waals surface area (Å²) in [6.07, 6.45) is 4.31. The number of carboxylic acids is 1. The van der Waals surface area contributed by atoms with Gasteiger partial charge in [-0.1, -0.05) is 60.7 Å². The third-order valence-corrected chi connectivity index (χ3v) is 8.73. The summed E-state index contributed by atoms with van der Waals surface area (Å²) in [5, 5.41) is 19.0. The van der Waals surface area contributed by atoms with Gasteiger partial charge in [0.1, 0.15) is 16.3 Å². The molecule has 0 spiro atoms. The SMILES string of the molecule is COc1cccc(-c2cc(C(=O)N[C@](C)(C(=O)O)C3CCCCC3)c(NC(=O)Nc3c(Cl)cccc3Cl)s2)c1. The van der Waals surface area contributed by atoms with E-state index in [1.807, 2.05) is 18.2 Å². The van der Waals surface area contributed by atoms with Crippen LogP contribution in [0, 0.1) is 5.92 Å². The molecule has 0 radical (unpaired) electrons. The van der Waals surface area contributed by atoms with E-state index in [-0.39, 0.29) is 32.2 Å². The quantitative estimate of drug-likeness (QED) is 0.216. The number of benzene rings is 2. The number of para-hydroxylation sites is 1. The fourth-order valence-electron chi connectivity index (χ4n) is 4.75. The number of carbonyl (C=O) groups excluding carboxylic acids is 2. The number of rotatable bonds is 8. The number of thiophene rings is 1. The summed E-state index contributed by atoms with van der Waals surface area (Å²) in [6, 6.07) is 13.1. The molecule has 3 aromatic rings. The third kappa shape index (κ3) is 6.49. The van der Waals surface area contributed by atoms with E-state index in [1.54, 1.807) is 44.4 Å². The van der Waals surface area contributed by atoms with Gasteiger partial charge in [-0.05, 0) is 61.6 Å². The normalized spacial score (nSPS) is 15.2. The minimum atomic E-state index is -1.46. The van der Waals surface area contributed by atoms with Crippen molar-refractivity contribution in [2.24, 2.45) is 5.92 Å². The fraction of sp³-hybridized carbons (Fsp3) is 0.321. The van der Waals surface area contributed by atoms with Crippen LogP contribution in [0.3, 0.4) is 0 Å². The van der Waals surface area contributed by atoms with Crippen LogP contribution in [-0.4, -0.2) is 35.7 Å². The molecular weight excluding hydrogens is 561 g/mol. The first-order chi connectivity index (χ1) is 18.6. The highest BCUT2D eigenvalue weighted by Gasteiger charge is 2.43. The van der Waals surface area contributed by atoms with Crippen LogP contribution in [-0.2, 0) is 4.79 Å². The Morgan fingerprint density at radius 3 is 2.31 bits per heavy atom. The molecule has 1 aromatic heterocycles. The smallest absolute Gasteiger partial charge is 0.329 e. The predicted molar refractivity (Wildman–Crippen MR) is 155 cm³/mol. The van der Waals surface area contributed by atoms with Gasteiger partial charge in [0.2, 0.25) is 0 Å². The van der Waals surface area contributed by atoms with E-state index in [9.17, 15) is 19.5 Å². The maximum absolute atomic E-state index is 13.6. The maximum Gasteiger partial charge on any atom is 0.329 e. The summed E-state index contributed by atoms with van der Waals surface area (Å²) >= 11 is 13.6. The molecule has 0 saturated heterocycles. The second-order valence-corrected chi connectivity index (χ2v) is 11.4. The number of hydrogen-bond donors (Lipinski definition) is 4. The Balaban J connectivity index is 1.67. The topological polar surface area (TPSA) is 117 Å². The van der Waals surface area contributed by atoms with Crippen molar-refractivity contribution in [3.8, 4) is 16.2 Å². The summed E-state index contributed by atoms with van der Waals surface area (Å²) in [6.45, 7) is 1.55. The van der Waals surface area contributed by atoms with Crippen molar-refractivity contribution in [1.29, 1.82) is 0 Å². The van der Waals surface area contributed by atoms with E-state index in [2.05, 4.69) is 16.0 Å². The molecule has 1 aliphatic rings. The van der Waals surface area contributed by atoms with Gasteiger partial charge in [-0.25, -0.2) is 9.59 Å². The lowest BCUT2D eigenvalue weighted by Crippen LogP contribution is -2.57. The van der Waals surface area contributed by atoms with Gasteiger partial charge in [0, 0.05) is 4.88 Å². The molecule has 39 heavy (non-hydrogen) atoms. The Morgan fingerprint density at radius 2 is 1.67 bits per heavy atom. The van der Waals surface area contributed by atoms with Crippen molar-refractivity contribution < 1.29 is 24.2 Å². The molecule has 11 heteroatoms. The zero-order valence-corrected chi connectivity index (χ0v) is 23.8. The molecule has 2 aromatic carbocycles. The molecule has 8 nitrogen and oxygen atoms in total. The number of anilines is 2. The second-order valence-electron chi connectivity index (χ2n) is 9.56. The fourth-order valence-corrected chi connectivity index (χ4v) is 6.29. The zero-order valence-electron chi connectivity index (χ0n) is 21.5. The molecule has 1 atom stereocenters. The molecule has 1 fully saturated rings. The van der Waals surface area contributed by atoms with Gasteiger partial charge in [0.25, 0.3) is 5.91 Å². The molecule has 1 saturated carbocycles. The highest BCUT2D eigenvalue weighted by atomic mass is 35.5. The molecule has 4 N–H and O–H groups in total. The van der Waals surface area contributed by atoms with Crippen molar-refractivity contribution in [1.82, 2.24) is 5.32 Å². The zero-order chi connectivity index (χ0) is 28.2. The lowest BCUT2D eigenvalue weighted by Gasteiger charge is -2.37. The van der Waals surface area contributed by atoms with Crippen LogP contribution in [0.15, 0.2) is 48.5 Å². The Bertz CT molecular complexity index is 1370. The molecule has 0 bridgehead atoms. The highest BCUT2D eigenvalue weighted by Crippen LogP contribution is 2.39. The Labute approximate surface area is 240 Å². The van der Waals surface area contributed by atoms with Gasteiger partial charge >= 0.3 is 12.0 Å². The molecule has 3 amide bonds. The second kappa shape index (κ2) is 12.3. The molecule has 4 rings (SSSR count). The lowest BCUT2D eigenvalue weighted by atomic mass is 9.75. The molecular formula is C28H29Cl2N3O5S. The van der Waals surface area contributed by atoms with E-state index < -0.39 is 23.4 Å². The van der Waals surface area contributed by atoms with E-state index in [1.165, 1.54) is 11.3 Å². The molecule has 206 valence electrons. The summed E-state index contributed by atoms with van der Waals surface area (Å²) in [5.74, 6) is -1.26. The predicted octanol–water partition coefficient (Wildman–Crippen LogP) is 7.53. The average Bonchev–Trinajstić information content (AvgIpc) is 3.35. The maximum atomic E-state index is 13.6. The lowest BCUT2D eigenvalue weighted by molar-refractivity contribution is -0.146. The van der Waals surface area contributed by atoms with Gasteiger partial charge in [0.15, 0.2) is 0 Å². The van der Waals surface area contributed by atoms with Crippen molar-refractivity contribution in [3.05, 3.63) is 64.1 Å². The molecule has 0 aliphatic heterocycles. The number of halogens is 2. The number of nitrogens with one attached hydrogen (secondary N) is 3. The summed E-state index contributed by atoms with van der Waals surface area (Å²) in [7, 11) is 1.56. The van der Waals surface area contributed by atoms with Gasteiger partial charge in [-0.2, -0.15) is 0 Å². The van der Waals surface area contributed by atoms with Crippen molar-refractivity contribution >= 4 is 63.1 Å². The van der Waals surface area contributed by atoms with Crippen LogP contribution in [0.2, 0.25) is 10.0 Å². The standard InChI is InChI=1S/C28H29Cl2N3O5S/c1-28(26(35)36,17-9-4-3-5-10-17)33-24(34)19-15-22(16-8-6-11-18(14-16)38-2)39-25(19)32-27(37)31-23-20(29)12-7-13-21(23)30/h6-8,11-15,17H,3-5,9-10H2,1-2H3,(H,33,34)(H,35,36)(H2,31,32,37)/t28-/m0/s1. The number of hydrogen-bond acceptors (Lipinski definition) is 5. The van der Waals surface area contributed by atoms with Crippen molar-refractivity contribution in [3.63, 3.8) is 0 Å². The molecule has 0 unspecified atom stereocenters. The minimum Gasteiger partial charge on any atom is -0.497 e. The van der Waals surface area contributed by atoms with E-state index in [0.29, 0.717) is 23.5 Å². The first kappa shape index (κ1) is 28.7. The number of amides is 3. The van der Waals surface area contributed by atoms with Gasteiger partial charge in [0.05, 0.1) is 28.4 Å². The Morgan fingerprint density at radius 1 is 1.00 bits per heavy atom. The first-order valence-corrected chi connectivity index (χ1v) is 14.1. The number of methoxy groups -OCH3 is 1. The Hall–Kier alpha value is -3.27. The number of carboxylic acid groups (broad SMARTS) is 1. The van der Waals surface area contributed by atoms with Gasteiger partial charge in [-0.3, -0.25) is 10.1 Å². The molecule has 1 heterocycles. The van der Waals surface area contributed by atoms with Crippen LogP contribution >= 0.6 is 34.5 Å². The summed E-state index contributed by atoms with van der Waals surface area (Å²) < 4.78 is 5.33. The summed E-state index contributed by atoms with van der Waals surface area (Å²) in [4.78, 5) is 39.7. The van der Waals surface area contributed by atoms with Crippen LogP contribution in [0.5, 0.6) is 5.75 Å². The van der Waals surface area contributed by atoms with Crippen LogP contribution < -0.4 is 20.7 Å². The minimum absolute atomic E-state index is 0.140. The van der Waals surface area contributed by atoms with Crippen LogP contribution in [0.4, 0.5) is 15.5 Å². The highest BCUT2D eigenvalue weighted by molar-refractivity contribution is 7.20.